The Labute approximate surface area is 166 Å². The van der Waals surface area contributed by atoms with Crippen molar-refractivity contribution < 1.29 is 17.9 Å². The normalized spacial score (nSPS) is 11.1. The highest BCUT2D eigenvalue weighted by Crippen LogP contribution is 2.31. The third-order valence-electron chi connectivity index (χ3n) is 3.34. The number of ether oxygens (including phenoxy) is 1. The number of anilines is 2. The van der Waals surface area contributed by atoms with Gasteiger partial charge in [0.15, 0.2) is 0 Å². The summed E-state index contributed by atoms with van der Waals surface area (Å²) in [6, 6.07) is 9.15. The van der Waals surface area contributed by atoms with Crippen LogP contribution in [0.1, 0.15) is 0 Å². The molecule has 0 unspecified atom stereocenters. The molecule has 0 fully saturated rings. The molecule has 0 spiro atoms. The lowest BCUT2D eigenvalue weighted by Gasteiger charge is -2.22. The first-order valence-corrected chi connectivity index (χ1v) is 10.2. The maximum atomic E-state index is 12.3. The highest BCUT2D eigenvalue weighted by atomic mass is 35.5. The maximum Gasteiger partial charge on any atom is 0.245 e. The Morgan fingerprint density at radius 1 is 1.15 bits per heavy atom. The standard InChI is InChI=1S/C16H15Cl3N2O4S/c1-25-14-7-6-10(8-12(14)18)21(26(2,23)24)9-15(22)20-13-5-3-4-11(17)16(13)19/h3-8H,9H2,1-2H3,(H,20,22). The number of nitrogens with zero attached hydrogens (tertiary/aromatic N) is 1. The van der Waals surface area contributed by atoms with E-state index in [0.717, 1.165) is 10.6 Å². The monoisotopic (exact) mass is 436 g/mol. The van der Waals surface area contributed by atoms with Crippen LogP contribution in [0.15, 0.2) is 36.4 Å². The lowest BCUT2D eigenvalue weighted by Crippen LogP contribution is -2.37. The molecule has 26 heavy (non-hydrogen) atoms. The number of nitrogens with one attached hydrogen (secondary N) is 1. The van der Waals surface area contributed by atoms with E-state index in [0.29, 0.717) is 5.75 Å². The number of hydrogen-bond acceptors (Lipinski definition) is 4. The minimum absolute atomic E-state index is 0.168. The average molecular weight is 438 g/mol. The molecule has 0 aromatic heterocycles. The predicted octanol–water partition coefficient (Wildman–Crippen LogP) is 4.06. The minimum Gasteiger partial charge on any atom is -0.495 e. The number of carbonyl (C=O) groups is 1. The SMILES string of the molecule is COc1ccc(N(CC(=O)Nc2cccc(Cl)c2Cl)S(C)(=O)=O)cc1Cl. The van der Waals surface area contributed by atoms with Gasteiger partial charge in [0.05, 0.1) is 39.8 Å². The molecule has 0 heterocycles. The quantitative estimate of drug-likeness (QED) is 0.739. The molecule has 2 rings (SSSR count). The smallest absolute Gasteiger partial charge is 0.245 e. The Morgan fingerprint density at radius 2 is 1.85 bits per heavy atom. The Bertz CT molecular complexity index is 935. The van der Waals surface area contributed by atoms with Gasteiger partial charge in [-0.05, 0) is 30.3 Å². The van der Waals surface area contributed by atoms with Crippen molar-refractivity contribution in [3.05, 3.63) is 51.5 Å². The summed E-state index contributed by atoms with van der Waals surface area (Å²) in [6.07, 6.45) is 0.991. The lowest BCUT2D eigenvalue weighted by atomic mass is 10.3. The van der Waals surface area contributed by atoms with Crippen LogP contribution < -0.4 is 14.4 Å². The summed E-state index contributed by atoms with van der Waals surface area (Å²) in [5.41, 5.74) is 0.510. The van der Waals surface area contributed by atoms with Crippen molar-refractivity contribution >= 4 is 62.1 Å². The van der Waals surface area contributed by atoms with Crippen LogP contribution in [0.25, 0.3) is 0 Å². The fourth-order valence-electron chi connectivity index (χ4n) is 2.13. The molecule has 140 valence electrons. The molecule has 2 aromatic rings. The third-order valence-corrected chi connectivity index (χ3v) is 5.59. The van der Waals surface area contributed by atoms with E-state index in [1.807, 2.05) is 0 Å². The van der Waals surface area contributed by atoms with Crippen LogP contribution in [0.4, 0.5) is 11.4 Å². The van der Waals surface area contributed by atoms with Crippen molar-refractivity contribution in [3.8, 4) is 5.75 Å². The summed E-state index contributed by atoms with van der Waals surface area (Å²) in [4.78, 5) is 12.3. The summed E-state index contributed by atoms with van der Waals surface area (Å²) in [5, 5.41) is 3.20. The van der Waals surface area contributed by atoms with Crippen molar-refractivity contribution in [1.82, 2.24) is 0 Å². The average Bonchev–Trinajstić information content (AvgIpc) is 2.56. The Hall–Kier alpha value is -1.67. The molecular weight excluding hydrogens is 423 g/mol. The maximum absolute atomic E-state index is 12.3. The van der Waals surface area contributed by atoms with Crippen LogP contribution in [0, 0.1) is 0 Å². The highest BCUT2D eigenvalue weighted by Gasteiger charge is 2.22. The number of methoxy groups -OCH3 is 1. The molecule has 1 N–H and O–H groups in total. The number of sulfonamides is 1. The van der Waals surface area contributed by atoms with Crippen LogP contribution in [0.3, 0.4) is 0 Å². The van der Waals surface area contributed by atoms with Gasteiger partial charge in [-0.25, -0.2) is 8.42 Å². The number of amides is 1. The van der Waals surface area contributed by atoms with Crippen LogP contribution in [-0.4, -0.2) is 34.2 Å². The summed E-state index contributed by atoms with van der Waals surface area (Å²) in [7, 11) is -2.30. The second kappa shape index (κ2) is 8.35. The van der Waals surface area contributed by atoms with Crippen molar-refractivity contribution in [2.45, 2.75) is 0 Å². The first kappa shape index (κ1) is 20.6. The zero-order chi connectivity index (χ0) is 19.5. The molecule has 0 saturated heterocycles. The van der Waals surface area contributed by atoms with Crippen LogP contribution in [0.5, 0.6) is 5.75 Å². The molecule has 0 aliphatic rings. The van der Waals surface area contributed by atoms with E-state index in [1.165, 1.54) is 25.3 Å². The molecule has 2 aromatic carbocycles. The van der Waals surface area contributed by atoms with E-state index in [1.54, 1.807) is 18.2 Å². The van der Waals surface area contributed by atoms with Crippen LogP contribution in [-0.2, 0) is 14.8 Å². The zero-order valence-corrected chi connectivity index (χ0v) is 16.9. The Kier molecular flexibility index (Phi) is 6.63. The number of hydrogen-bond donors (Lipinski definition) is 1. The fraction of sp³-hybridized carbons (Fsp3) is 0.188. The predicted molar refractivity (Wildman–Crippen MR) is 105 cm³/mol. The van der Waals surface area contributed by atoms with Gasteiger partial charge in [-0.1, -0.05) is 40.9 Å². The van der Waals surface area contributed by atoms with Crippen molar-refractivity contribution in [3.63, 3.8) is 0 Å². The molecule has 0 saturated carbocycles. The summed E-state index contributed by atoms with van der Waals surface area (Å²) in [6.45, 7) is -0.468. The summed E-state index contributed by atoms with van der Waals surface area (Å²) in [5.74, 6) is -0.203. The first-order valence-electron chi connectivity index (χ1n) is 7.18. The zero-order valence-electron chi connectivity index (χ0n) is 13.8. The van der Waals surface area contributed by atoms with E-state index in [2.05, 4.69) is 5.32 Å². The van der Waals surface area contributed by atoms with Crippen LogP contribution >= 0.6 is 34.8 Å². The second-order valence-corrected chi connectivity index (χ2v) is 8.34. The molecule has 0 radical (unpaired) electrons. The fourth-order valence-corrected chi connectivity index (χ4v) is 3.58. The third kappa shape index (κ3) is 4.94. The van der Waals surface area contributed by atoms with Gasteiger partial charge in [-0.15, -0.1) is 0 Å². The van der Waals surface area contributed by atoms with E-state index in [-0.39, 0.29) is 26.4 Å². The van der Waals surface area contributed by atoms with Crippen LogP contribution in [0.2, 0.25) is 15.1 Å². The van der Waals surface area contributed by atoms with Gasteiger partial charge in [0.1, 0.15) is 12.3 Å². The first-order chi connectivity index (χ1) is 12.1. The van der Waals surface area contributed by atoms with Gasteiger partial charge in [-0.3, -0.25) is 9.10 Å². The molecule has 6 nitrogen and oxygen atoms in total. The highest BCUT2D eigenvalue weighted by molar-refractivity contribution is 7.92. The molecule has 10 heteroatoms. The van der Waals surface area contributed by atoms with E-state index >= 15 is 0 Å². The van der Waals surface area contributed by atoms with E-state index < -0.39 is 22.5 Å². The number of carbonyl (C=O) groups excluding carboxylic acids is 1. The van der Waals surface area contributed by atoms with Gasteiger partial charge >= 0.3 is 0 Å². The van der Waals surface area contributed by atoms with Crippen molar-refractivity contribution in [2.24, 2.45) is 0 Å². The Morgan fingerprint density at radius 3 is 2.42 bits per heavy atom. The van der Waals surface area contributed by atoms with Crippen molar-refractivity contribution in [1.29, 1.82) is 0 Å². The van der Waals surface area contributed by atoms with Gasteiger partial charge in [0, 0.05) is 0 Å². The van der Waals surface area contributed by atoms with Gasteiger partial charge in [0.2, 0.25) is 15.9 Å². The topological polar surface area (TPSA) is 75.7 Å². The lowest BCUT2D eigenvalue weighted by molar-refractivity contribution is -0.114. The van der Waals surface area contributed by atoms with Gasteiger partial charge in [-0.2, -0.15) is 0 Å². The number of benzene rings is 2. The Balaban J connectivity index is 2.27. The molecule has 0 bridgehead atoms. The van der Waals surface area contributed by atoms with Gasteiger partial charge in [0.25, 0.3) is 0 Å². The number of rotatable bonds is 6. The molecule has 0 aliphatic carbocycles. The molecule has 0 aliphatic heterocycles. The largest absolute Gasteiger partial charge is 0.495 e. The second-order valence-electron chi connectivity index (χ2n) is 5.24. The van der Waals surface area contributed by atoms with E-state index in [4.69, 9.17) is 39.5 Å². The molecular formula is C16H15Cl3N2O4S. The number of halogens is 3. The minimum atomic E-state index is -3.75. The molecule has 0 atom stereocenters. The summed E-state index contributed by atoms with van der Waals surface area (Å²) < 4.78 is 30.2. The molecule has 1 amide bonds. The van der Waals surface area contributed by atoms with E-state index in [9.17, 15) is 13.2 Å². The van der Waals surface area contributed by atoms with Crippen molar-refractivity contribution in [2.75, 3.05) is 29.5 Å². The summed E-state index contributed by atoms with van der Waals surface area (Å²) >= 11 is 18.0. The van der Waals surface area contributed by atoms with Gasteiger partial charge < -0.3 is 10.1 Å².